The number of nitrogens with zero attached hydrogens (tertiary/aromatic N) is 3. The van der Waals surface area contributed by atoms with Crippen molar-refractivity contribution in [1.29, 1.82) is 0 Å². The van der Waals surface area contributed by atoms with Gasteiger partial charge in [0, 0.05) is 18.9 Å². The SMILES string of the molecule is CCNc1nc(-c2ccccn2)ncc1Br. The predicted octanol–water partition coefficient (Wildman–Crippen LogP) is 2.73. The Bertz CT molecular complexity index is 473. The lowest BCUT2D eigenvalue weighted by Gasteiger charge is -2.06. The van der Waals surface area contributed by atoms with E-state index in [9.17, 15) is 0 Å². The molecule has 0 unspecified atom stereocenters. The van der Waals surface area contributed by atoms with E-state index in [1.165, 1.54) is 0 Å². The van der Waals surface area contributed by atoms with Crippen molar-refractivity contribution in [2.75, 3.05) is 11.9 Å². The molecule has 0 saturated heterocycles. The van der Waals surface area contributed by atoms with Gasteiger partial charge < -0.3 is 5.32 Å². The smallest absolute Gasteiger partial charge is 0.180 e. The average Bonchev–Trinajstić information content (AvgIpc) is 2.33. The van der Waals surface area contributed by atoms with E-state index < -0.39 is 0 Å². The summed E-state index contributed by atoms with van der Waals surface area (Å²) in [6.07, 6.45) is 3.46. The second-order valence-corrected chi connectivity index (χ2v) is 3.99. The topological polar surface area (TPSA) is 50.7 Å². The lowest BCUT2D eigenvalue weighted by Crippen LogP contribution is -2.02. The summed E-state index contributed by atoms with van der Waals surface area (Å²) in [6, 6.07) is 5.67. The summed E-state index contributed by atoms with van der Waals surface area (Å²) in [5.41, 5.74) is 0.772. The first kappa shape index (κ1) is 11.0. The van der Waals surface area contributed by atoms with E-state index >= 15 is 0 Å². The summed E-state index contributed by atoms with van der Waals surface area (Å²) in [6.45, 7) is 2.84. The Balaban J connectivity index is 2.40. The molecule has 2 aromatic heterocycles. The first-order valence-corrected chi connectivity index (χ1v) is 5.78. The molecular weight excluding hydrogens is 268 g/mol. The van der Waals surface area contributed by atoms with Gasteiger partial charge in [-0.15, -0.1) is 0 Å². The van der Waals surface area contributed by atoms with Crippen molar-refractivity contribution in [3.05, 3.63) is 35.1 Å². The number of hydrogen-bond acceptors (Lipinski definition) is 4. The summed E-state index contributed by atoms with van der Waals surface area (Å²) < 4.78 is 0.856. The van der Waals surface area contributed by atoms with Gasteiger partial charge in [0.15, 0.2) is 5.82 Å². The van der Waals surface area contributed by atoms with Gasteiger partial charge in [0.05, 0.1) is 4.47 Å². The molecule has 2 heterocycles. The molecule has 5 heteroatoms. The molecule has 0 atom stereocenters. The van der Waals surface area contributed by atoms with Gasteiger partial charge in [-0.1, -0.05) is 6.07 Å². The Labute approximate surface area is 102 Å². The molecule has 0 aliphatic rings. The molecule has 0 radical (unpaired) electrons. The molecule has 1 N–H and O–H groups in total. The number of hydrogen-bond donors (Lipinski definition) is 1. The van der Waals surface area contributed by atoms with E-state index in [1.54, 1.807) is 12.4 Å². The molecule has 0 fully saturated rings. The highest BCUT2D eigenvalue weighted by Gasteiger charge is 2.06. The number of rotatable bonds is 3. The zero-order valence-corrected chi connectivity index (χ0v) is 10.4. The fourth-order valence-electron chi connectivity index (χ4n) is 1.28. The molecule has 0 amide bonds. The summed E-state index contributed by atoms with van der Waals surface area (Å²) in [7, 11) is 0. The van der Waals surface area contributed by atoms with Crippen molar-refractivity contribution < 1.29 is 0 Å². The van der Waals surface area contributed by atoms with Crippen LogP contribution in [0.2, 0.25) is 0 Å². The maximum atomic E-state index is 4.40. The summed E-state index contributed by atoms with van der Waals surface area (Å²) in [4.78, 5) is 12.8. The maximum absolute atomic E-state index is 4.40. The minimum atomic E-state index is 0.625. The molecule has 0 saturated carbocycles. The van der Waals surface area contributed by atoms with Crippen molar-refractivity contribution in [1.82, 2.24) is 15.0 Å². The standard InChI is InChI=1S/C11H11BrN4/c1-2-13-10-8(12)7-15-11(16-10)9-5-3-4-6-14-9/h3-7H,2H2,1H3,(H,13,15,16). The fraction of sp³-hybridized carbons (Fsp3) is 0.182. The zero-order valence-electron chi connectivity index (χ0n) is 8.81. The van der Waals surface area contributed by atoms with Gasteiger partial charge in [0.2, 0.25) is 0 Å². The van der Waals surface area contributed by atoms with Crippen LogP contribution >= 0.6 is 15.9 Å². The molecule has 2 aromatic rings. The summed E-state index contributed by atoms with van der Waals surface area (Å²) >= 11 is 3.40. The van der Waals surface area contributed by atoms with Crippen molar-refractivity contribution in [3.8, 4) is 11.5 Å². The molecule has 0 aromatic carbocycles. The Morgan fingerprint density at radius 2 is 2.19 bits per heavy atom. The molecule has 0 aliphatic heterocycles. The number of pyridine rings is 1. The minimum Gasteiger partial charge on any atom is -0.369 e. The highest BCUT2D eigenvalue weighted by Crippen LogP contribution is 2.21. The van der Waals surface area contributed by atoms with Crippen LogP contribution in [0.4, 0.5) is 5.82 Å². The van der Waals surface area contributed by atoms with Crippen LogP contribution in [-0.2, 0) is 0 Å². The third kappa shape index (κ3) is 2.36. The molecule has 0 spiro atoms. The first-order valence-electron chi connectivity index (χ1n) is 4.99. The summed E-state index contributed by atoms with van der Waals surface area (Å²) in [5.74, 6) is 1.41. The molecule has 0 aliphatic carbocycles. The van der Waals surface area contributed by atoms with E-state index in [-0.39, 0.29) is 0 Å². The summed E-state index contributed by atoms with van der Waals surface area (Å²) in [5, 5.41) is 3.16. The van der Waals surface area contributed by atoms with Gasteiger partial charge in [-0.2, -0.15) is 0 Å². The van der Waals surface area contributed by atoms with Gasteiger partial charge in [-0.25, -0.2) is 9.97 Å². The van der Waals surface area contributed by atoms with Gasteiger partial charge in [0.1, 0.15) is 11.5 Å². The quantitative estimate of drug-likeness (QED) is 0.938. The highest BCUT2D eigenvalue weighted by molar-refractivity contribution is 9.10. The molecule has 16 heavy (non-hydrogen) atoms. The second kappa shape index (κ2) is 5.03. The molecule has 4 nitrogen and oxygen atoms in total. The van der Waals surface area contributed by atoms with E-state index in [0.717, 1.165) is 22.5 Å². The first-order chi connectivity index (χ1) is 7.81. The highest BCUT2D eigenvalue weighted by atomic mass is 79.9. The van der Waals surface area contributed by atoms with Crippen LogP contribution < -0.4 is 5.32 Å². The Morgan fingerprint density at radius 3 is 2.88 bits per heavy atom. The molecular formula is C11H11BrN4. The van der Waals surface area contributed by atoms with Crippen molar-refractivity contribution in [3.63, 3.8) is 0 Å². The van der Waals surface area contributed by atoms with Crippen LogP contribution in [0.3, 0.4) is 0 Å². The Morgan fingerprint density at radius 1 is 1.31 bits per heavy atom. The van der Waals surface area contributed by atoms with E-state index in [1.807, 2.05) is 25.1 Å². The average molecular weight is 279 g/mol. The van der Waals surface area contributed by atoms with Crippen molar-refractivity contribution >= 4 is 21.7 Å². The van der Waals surface area contributed by atoms with Gasteiger partial charge in [-0.3, -0.25) is 4.98 Å². The Kier molecular flexibility index (Phi) is 3.46. The van der Waals surface area contributed by atoms with E-state index in [0.29, 0.717) is 5.82 Å². The third-order valence-corrected chi connectivity index (χ3v) is 2.56. The molecule has 0 bridgehead atoms. The van der Waals surface area contributed by atoms with Crippen molar-refractivity contribution in [2.24, 2.45) is 0 Å². The van der Waals surface area contributed by atoms with Gasteiger partial charge in [-0.05, 0) is 35.0 Å². The number of nitrogens with one attached hydrogen (secondary N) is 1. The third-order valence-electron chi connectivity index (χ3n) is 1.98. The predicted molar refractivity (Wildman–Crippen MR) is 67.1 cm³/mol. The zero-order chi connectivity index (χ0) is 11.4. The van der Waals surface area contributed by atoms with Crippen molar-refractivity contribution in [2.45, 2.75) is 6.92 Å². The number of halogens is 1. The minimum absolute atomic E-state index is 0.625. The maximum Gasteiger partial charge on any atom is 0.180 e. The largest absolute Gasteiger partial charge is 0.369 e. The lowest BCUT2D eigenvalue weighted by molar-refractivity contribution is 1.09. The molecule has 82 valence electrons. The van der Waals surface area contributed by atoms with Crippen LogP contribution in [0.5, 0.6) is 0 Å². The second-order valence-electron chi connectivity index (χ2n) is 3.14. The number of anilines is 1. The van der Waals surface area contributed by atoms with Crippen LogP contribution in [0.1, 0.15) is 6.92 Å². The molecule has 2 rings (SSSR count). The van der Waals surface area contributed by atoms with Crippen LogP contribution in [0.25, 0.3) is 11.5 Å². The van der Waals surface area contributed by atoms with Crippen LogP contribution in [-0.4, -0.2) is 21.5 Å². The number of aromatic nitrogens is 3. The normalized spacial score (nSPS) is 10.1. The fourth-order valence-corrected chi connectivity index (χ4v) is 1.61. The Hall–Kier alpha value is -1.49. The van der Waals surface area contributed by atoms with Gasteiger partial charge >= 0.3 is 0 Å². The lowest BCUT2D eigenvalue weighted by atomic mass is 10.3. The van der Waals surface area contributed by atoms with E-state index in [2.05, 4.69) is 36.2 Å². The van der Waals surface area contributed by atoms with Gasteiger partial charge in [0.25, 0.3) is 0 Å². The van der Waals surface area contributed by atoms with Crippen LogP contribution in [0.15, 0.2) is 35.1 Å². The van der Waals surface area contributed by atoms with Crippen LogP contribution in [0, 0.1) is 0 Å². The monoisotopic (exact) mass is 278 g/mol. The van der Waals surface area contributed by atoms with E-state index in [4.69, 9.17) is 0 Å².